The Bertz CT molecular complexity index is 583. The summed E-state index contributed by atoms with van der Waals surface area (Å²) in [6.07, 6.45) is 3.02. The van der Waals surface area contributed by atoms with Gasteiger partial charge in [-0.2, -0.15) is 4.31 Å². The number of hydrogen-bond donors (Lipinski definition) is 0. The number of rotatable bonds is 8. The summed E-state index contributed by atoms with van der Waals surface area (Å²) >= 11 is 0. The Kier molecular flexibility index (Phi) is 7.13. The van der Waals surface area contributed by atoms with Crippen LogP contribution in [0.15, 0.2) is 0 Å². The summed E-state index contributed by atoms with van der Waals surface area (Å²) in [5.41, 5.74) is 0.257. The Morgan fingerprint density at radius 2 is 1.42 bits per heavy atom. The van der Waals surface area contributed by atoms with Crippen molar-refractivity contribution in [1.82, 2.24) is 4.31 Å². The van der Waals surface area contributed by atoms with Gasteiger partial charge in [-0.25, -0.2) is 8.42 Å². The fourth-order valence-corrected chi connectivity index (χ4v) is 9.65. The van der Waals surface area contributed by atoms with Crippen molar-refractivity contribution in [2.45, 2.75) is 115 Å². The van der Waals surface area contributed by atoms with Crippen molar-refractivity contribution in [2.75, 3.05) is 6.61 Å². The Hall–Kier alpha value is 0.304. The Morgan fingerprint density at radius 3 is 1.81 bits per heavy atom. The molecule has 0 radical (unpaired) electrons. The second-order valence-corrected chi connectivity index (χ2v) is 24.2. The lowest BCUT2D eigenvalue weighted by molar-refractivity contribution is 0.277. The molecule has 0 amide bonds. The van der Waals surface area contributed by atoms with E-state index in [4.69, 9.17) is 4.43 Å². The Morgan fingerprint density at radius 1 is 0.923 bits per heavy atom. The molecular formula is C19H43NO3SSi2. The molecule has 4 nitrogen and oxygen atoms in total. The molecule has 1 aliphatic heterocycles. The second-order valence-electron chi connectivity index (χ2n) is 11.4. The molecule has 0 bridgehead atoms. The van der Waals surface area contributed by atoms with Crippen LogP contribution in [0, 0.1) is 0 Å². The van der Waals surface area contributed by atoms with Crippen LogP contribution in [0.1, 0.15) is 60.8 Å². The smallest absolute Gasteiger partial charge is 0.219 e. The molecule has 1 saturated heterocycles. The summed E-state index contributed by atoms with van der Waals surface area (Å²) in [5, 5.41) is 0.240. The quantitative estimate of drug-likeness (QED) is 0.306. The average molecular weight is 422 g/mol. The predicted molar refractivity (Wildman–Crippen MR) is 118 cm³/mol. The van der Waals surface area contributed by atoms with Gasteiger partial charge in [-0.15, -0.1) is 0 Å². The van der Waals surface area contributed by atoms with E-state index < -0.39 is 31.2 Å². The molecule has 1 aliphatic rings. The first kappa shape index (κ1) is 24.3. The lowest BCUT2D eigenvalue weighted by atomic mass is 10.2. The van der Waals surface area contributed by atoms with E-state index in [9.17, 15) is 8.42 Å². The Labute approximate surface area is 165 Å². The SMILES string of the molecule is CC(C)(C)[Si](C)(C)OCCCCC1C([Si](C)(C)C)N1S(=O)(=O)C(C)(C)C. The minimum absolute atomic E-state index is 0.207. The molecule has 0 aromatic rings. The molecule has 0 N–H and O–H groups in total. The van der Waals surface area contributed by atoms with Gasteiger partial charge in [0.15, 0.2) is 8.32 Å². The van der Waals surface area contributed by atoms with Crippen molar-refractivity contribution in [3.8, 4) is 0 Å². The van der Waals surface area contributed by atoms with Crippen LogP contribution in [0.2, 0.25) is 37.8 Å². The second kappa shape index (κ2) is 7.61. The lowest BCUT2D eigenvalue weighted by Crippen LogP contribution is -2.40. The van der Waals surface area contributed by atoms with E-state index in [1.54, 1.807) is 0 Å². The zero-order chi connectivity index (χ0) is 20.8. The summed E-state index contributed by atoms with van der Waals surface area (Å²) in [6.45, 7) is 24.4. The van der Waals surface area contributed by atoms with Crippen molar-refractivity contribution in [2.24, 2.45) is 0 Å². The van der Waals surface area contributed by atoms with Crippen LogP contribution >= 0.6 is 0 Å². The number of nitrogens with zero attached hydrogens (tertiary/aromatic N) is 1. The topological polar surface area (TPSA) is 46.4 Å². The highest BCUT2D eigenvalue weighted by atomic mass is 32.2. The molecule has 1 fully saturated rings. The summed E-state index contributed by atoms with van der Waals surface area (Å²) < 4.78 is 33.3. The number of unbranched alkanes of at least 4 members (excludes halogenated alkanes) is 1. The first-order valence-corrected chi connectivity index (χ1v) is 17.9. The summed E-state index contributed by atoms with van der Waals surface area (Å²) in [5.74, 6) is 0. The highest BCUT2D eigenvalue weighted by molar-refractivity contribution is 7.90. The summed E-state index contributed by atoms with van der Waals surface area (Å²) in [6, 6.07) is 0.207. The molecule has 1 rings (SSSR count). The van der Waals surface area contributed by atoms with E-state index in [2.05, 4.69) is 53.5 Å². The van der Waals surface area contributed by atoms with Gasteiger partial charge < -0.3 is 4.43 Å². The highest BCUT2D eigenvalue weighted by Gasteiger charge is 2.61. The van der Waals surface area contributed by atoms with E-state index in [0.717, 1.165) is 25.9 Å². The van der Waals surface area contributed by atoms with Crippen LogP contribution in [-0.4, -0.2) is 52.2 Å². The summed E-state index contributed by atoms with van der Waals surface area (Å²) in [7, 11) is -6.44. The number of sulfonamides is 1. The minimum Gasteiger partial charge on any atom is -0.417 e. The van der Waals surface area contributed by atoms with Crippen molar-refractivity contribution < 1.29 is 12.8 Å². The molecule has 0 aromatic carbocycles. The lowest BCUT2D eigenvalue weighted by Gasteiger charge is -2.36. The van der Waals surface area contributed by atoms with Gasteiger partial charge >= 0.3 is 0 Å². The molecule has 26 heavy (non-hydrogen) atoms. The third-order valence-electron chi connectivity index (χ3n) is 5.98. The highest BCUT2D eigenvalue weighted by Crippen LogP contribution is 2.44. The van der Waals surface area contributed by atoms with E-state index in [0.29, 0.717) is 0 Å². The first-order valence-electron chi connectivity index (χ1n) is 10.0. The maximum Gasteiger partial charge on any atom is 0.219 e. The molecular weight excluding hydrogens is 378 g/mol. The van der Waals surface area contributed by atoms with Crippen LogP contribution in [0.5, 0.6) is 0 Å². The zero-order valence-corrected chi connectivity index (χ0v) is 21.9. The van der Waals surface area contributed by atoms with E-state index in [1.807, 2.05) is 25.1 Å². The number of hydrogen-bond acceptors (Lipinski definition) is 3. The normalized spacial score (nSPS) is 25.4. The van der Waals surface area contributed by atoms with Gasteiger partial charge in [0.25, 0.3) is 0 Å². The maximum atomic E-state index is 12.9. The van der Waals surface area contributed by atoms with Crippen LogP contribution in [0.4, 0.5) is 0 Å². The molecule has 0 aliphatic carbocycles. The minimum atomic E-state index is -3.23. The van der Waals surface area contributed by atoms with Crippen molar-refractivity contribution in [3.63, 3.8) is 0 Å². The molecule has 0 aromatic heterocycles. The van der Waals surface area contributed by atoms with Crippen molar-refractivity contribution in [3.05, 3.63) is 0 Å². The third kappa shape index (κ3) is 5.43. The summed E-state index contributed by atoms with van der Waals surface area (Å²) in [4.78, 5) is 0. The van der Waals surface area contributed by atoms with Crippen LogP contribution < -0.4 is 0 Å². The van der Waals surface area contributed by atoms with E-state index >= 15 is 0 Å². The molecule has 3 atom stereocenters. The largest absolute Gasteiger partial charge is 0.417 e. The molecule has 3 unspecified atom stereocenters. The van der Waals surface area contributed by atoms with Gasteiger partial charge in [0.05, 0.1) is 12.8 Å². The maximum absolute atomic E-state index is 12.9. The van der Waals surface area contributed by atoms with Gasteiger partial charge in [-0.3, -0.25) is 0 Å². The molecule has 156 valence electrons. The Balaban J connectivity index is 2.61. The van der Waals surface area contributed by atoms with Crippen molar-refractivity contribution in [1.29, 1.82) is 0 Å². The standard InChI is InChI=1S/C19H43NO3SSi2/c1-18(2,3)24(21,22)20-16(17(20)25(7,8)9)14-12-13-15-23-26(10,11)19(4,5)6/h16-17H,12-15H2,1-11H3. The zero-order valence-electron chi connectivity index (χ0n) is 19.1. The molecule has 7 heteroatoms. The van der Waals surface area contributed by atoms with Gasteiger partial charge in [-0.1, -0.05) is 40.4 Å². The van der Waals surface area contributed by atoms with Gasteiger partial charge in [0, 0.05) is 18.3 Å². The molecule has 0 spiro atoms. The van der Waals surface area contributed by atoms with Crippen LogP contribution in [0.3, 0.4) is 0 Å². The van der Waals surface area contributed by atoms with Gasteiger partial charge in [0.2, 0.25) is 10.0 Å². The van der Waals surface area contributed by atoms with Crippen LogP contribution in [0.25, 0.3) is 0 Å². The third-order valence-corrected chi connectivity index (χ3v) is 15.7. The fraction of sp³-hybridized carbons (Fsp3) is 1.00. The monoisotopic (exact) mass is 421 g/mol. The molecule has 1 heterocycles. The van der Waals surface area contributed by atoms with Crippen LogP contribution in [-0.2, 0) is 14.4 Å². The van der Waals surface area contributed by atoms with Crippen molar-refractivity contribution >= 4 is 26.4 Å². The van der Waals surface area contributed by atoms with Gasteiger partial charge in [-0.05, 0) is 58.2 Å². The average Bonchev–Trinajstić information content (AvgIpc) is 3.10. The fourth-order valence-electron chi connectivity index (χ4n) is 3.14. The molecule has 0 saturated carbocycles. The van der Waals surface area contributed by atoms with Gasteiger partial charge in [0.1, 0.15) is 0 Å². The predicted octanol–water partition coefficient (Wildman–Crippen LogP) is 5.24. The first-order chi connectivity index (χ1) is 11.3. The van der Waals surface area contributed by atoms with E-state index in [-0.39, 0.29) is 16.7 Å². The van der Waals surface area contributed by atoms with E-state index in [1.165, 1.54) is 0 Å².